The number of nitrogens with zero attached hydrogens (tertiary/aromatic N) is 1. The lowest BCUT2D eigenvalue weighted by Crippen LogP contribution is -2.46. The van der Waals surface area contributed by atoms with Crippen LogP contribution in [0.1, 0.15) is 73.2 Å². The number of hydrogen-bond acceptors (Lipinski definition) is 8. The number of halogens is 1. The number of amides is 2. The summed E-state index contributed by atoms with van der Waals surface area (Å²) >= 11 is 6.05. The lowest BCUT2D eigenvalue weighted by Gasteiger charge is -2.42. The third kappa shape index (κ3) is 8.89. The quantitative estimate of drug-likeness (QED) is 0.147. The molecule has 5 rings (SSSR count). The van der Waals surface area contributed by atoms with E-state index < -0.39 is 17.8 Å². The third-order valence-corrected chi connectivity index (χ3v) is 8.79. The highest BCUT2D eigenvalue weighted by atomic mass is 35.5. The van der Waals surface area contributed by atoms with Crippen molar-refractivity contribution in [2.45, 2.75) is 69.2 Å². The summed E-state index contributed by atoms with van der Waals surface area (Å²) in [6.07, 6.45) is 1.39. The molecule has 0 spiro atoms. The number of likely N-dealkylation sites (tertiary alicyclic amines) is 1. The van der Waals surface area contributed by atoms with Gasteiger partial charge in [0.25, 0.3) is 0 Å². The Labute approximate surface area is 267 Å². The summed E-state index contributed by atoms with van der Waals surface area (Å²) in [5.41, 5.74) is 4.81. The van der Waals surface area contributed by atoms with Crippen LogP contribution in [-0.4, -0.2) is 57.9 Å². The van der Waals surface area contributed by atoms with Gasteiger partial charge in [-0.05, 0) is 60.2 Å². The molecular formula is C34H40ClN3O7. The topological polar surface area (TPSA) is 141 Å². The molecule has 11 heteroatoms. The van der Waals surface area contributed by atoms with Gasteiger partial charge in [0.2, 0.25) is 11.8 Å². The van der Waals surface area contributed by atoms with E-state index in [2.05, 4.69) is 10.2 Å². The lowest BCUT2D eigenvalue weighted by molar-refractivity contribution is -0.253. The van der Waals surface area contributed by atoms with Crippen molar-refractivity contribution in [1.82, 2.24) is 10.4 Å². The standard InChI is InChI=1S/C34H40ClN3O7/c35-27-12-10-26(11-13-27)34(42)16-18-38(19-17-34)21-29-20-30(24-6-4-23(22-39)5-7-24)45-33(44-29)25-8-14-28(15-9-25)36-31(40)2-1-3-32(41)37-43/h4-15,29-30,33,39,42-43H,1-3,16-22H2,(H,36,40)(H,37,41). The number of carbonyl (C=O) groups is 2. The van der Waals surface area contributed by atoms with Gasteiger partial charge in [-0.3, -0.25) is 14.8 Å². The Morgan fingerprint density at radius 1 is 0.889 bits per heavy atom. The van der Waals surface area contributed by atoms with Gasteiger partial charge in [-0.1, -0.05) is 60.1 Å². The van der Waals surface area contributed by atoms with Gasteiger partial charge in [-0.25, -0.2) is 5.48 Å². The number of nitrogens with one attached hydrogen (secondary N) is 2. The van der Waals surface area contributed by atoms with E-state index in [1.54, 1.807) is 17.6 Å². The van der Waals surface area contributed by atoms with Crippen LogP contribution in [0.15, 0.2) is 72.8 Å². The molecule has 0 saturated carbocycles. The molecule has 3 unspecified atom stereocenters. The number of ether oxygens (including phenoxy) is 2. The molecule has 240 valence electrons. The third-order valence-electron chi connectivity index (χ3n) is 8.54. The maximum Gasteiger partial charge on any atom is 0.243 e. The zero-order valence-electron chi connectivity index (χ0n) is 25.0. The number of aliphatic hydroxyl groups is 2. The van der Waals surface area contributed by atoms with Gasteiger partial charge in [-0.2, -0.15) is 0 Å². The Bertz CT molecular complexity index is 1410. The van der Waals surface area contributed by atoms with Crippen LogP contribution >= 0.6 is 11.6 Å². The Morgan fingerprint density at radius 2 is 1.53 bits per heavy atom. The fourth-order valence-electron chi connectivity index (χ4n) is 5.89. The number of hydroxylamine groups is 1. The van der Waals surface area contributed by atoms with Gasteiger partial charge in [0.1, 0.15) is 0 Å². The molecule has 45 heavy (non-hydrogen) atoms. The van der Waals surface area contributed by atoms with Gasteiger partial charge in [0.15, 0.2) is 6.29 Å². The SMILES string of the molecule is O=C(CCCC(=O)Nc1ccc(C2OC(CN3CCC(O)(c4ccc(Cl)cc4)CC3)CC(c3ccc(CO)cc3)O2)cc1)NO. The lowest BCUT2D eigenvalue weighted by atomic mass is 9.84. The largest absolute Gasteiger partial charge is 0.392 e. The molecule has 3 aromatic carbocycles. The highest BCUT2D eigenvalue weighted by molar-refractivity contribution is 6.30. The monoisotopic (exact) mass is 637 g/mol. The van der Waals surface area contributed by atoms with Crippen molar-refractivity contribution in [1.29, 1.82) is 0 Å². The van der Waals surface area contributed by atoms with Crippen molar-refractivity contribution in [2.24, 2.45) is 0 Å². The molecule has 3 aromatic rings. The van der Waals surface area contributed by atoms with Crippen molar-refractivity contribution in [3.8, 4) is 0 Å². The Balaban J connectivity index is 1.23. The molecule has 2 fully saturated rings. The van der Waals surface area contributed by atoms with E-state index in [1.807, 2.05) is 60.7 Å². The predicted octanol–water partition coefficient (Wildman–Crippen LogP) is 4.98. The molecule has 3 atom stereocenters. The summed E-state index contributed by atoms with van der Waals surface area (Å²) in [5.74, 6) is -0.755. The molecular weight excluding hydrogens is 598 g/mol. The van der Waals surface area contributed by atoms with Crippen LogP contribution in [-0.2, 0) is 31.3 Å². The Hall–Kier alpha value is -3.35. The van der Waals surface area contributed by atoms with Gasteiger partial charge in [0.05, 0.1) is 24.4 Å². The van der Waals surface area contributed by atoms with Crippen LogP contribution in [0.3, 0.4) is 0 Å². The zero-order chi connectivity index (χ0) is 31.8. The molecule has 0 aliphatic carbocycles. The fourth-order valence-corrected chi connectivity index (χ4v) is 6.01. The highest BCUT2D eigenvalue weighted by Crippen LogP contribution is 2.39. The van der Waals surface area contributed by atoms with Crippen molar-refractivity contribution >= 4 is 29.1 Å². The second kappa shape index (κ2) is 15.3. The minimum Gasteiger partial charge on any atom is -0.392 e. The van der Waals surface area contributed by atoms with Gasteiger partial charge >= 0.3 is 0 Å². The van der Waals surface area contributed by atoms with Crippen molar-refractivity contribution in [2.75, 3.05) is 25.0 Å². The van der Waals surface area contributed by atoms with E-state index in [1.165, 1.54) is 0 Å². The number of carbonyl (C=O) groups excluding carboxylic acids is 2. The Morgan fingerprint density at radius 3 is 2.18 bits per heavy atom. The van der Waals surface area contributed by atoms with E-state index in [9.17, 15) is 19.8 Å². The van der Waals surface area contributed by atoms with E-state index in [-0.39, 0.29) is 37.6 Å². The average molecular weight is 638 g/mol. The van der Waals surface area contributed by atoms with Crippen molar-refractivity contribution < 1.29 is 34.5 Å². The molecule has 2 amide bonds. The first-order valence-corrected chi connectivity index (χ1v) is 15.7. The molecule has 2 aliphatic heterocycles. The van der Waals surface area contributed by atoms with Crippen LogP contribution in [0.2, 0.25) is 5.02 Å². The fraction of sp³-hybridized carbons (Fsp3) is 0.412. The number of anilines is 1. The number of piperidine rings is 1. The zero-order valence-corrected chi connectivity index (χ0v) is 25.8. The second-order valence-corrected chi connectivity index (χ2v) is 12.2. The minimum atomic E-state index is -0.887. The molecule has 2 heterocycles. The number of benzene rings is 3. The van der Waals surface area contributed by atoms with E-state index >= 15 is 0 Å². The van der Waals surface area contributed by atoms with Crippen LogP contribution in [0.5, 0.6) is 0 Å². The minimum absolute atomic E-state index is 0.0294. The van der Waals surface area contributed by atoms with Crippen LogP contribution < -0.4 is 10.8 Å². The van der Waals surface area contributed by atoms with Gasteiger partial charge in [-0.15, -0.1) is 0 Å². The predicted molar refractivity (Wildman–Crippen MR) is 168 cm³/mol. The molecule has 10 nitrogen and oxygen atoms in total. The van der Waals surface area contributed by atoms with Crippen LogP contribution in [0.25, 0.3) is 0 Å². The first-order chi connectivity index (χ1) is 21.7. The number of aliphatic hydroxyl groups excluding tert-OH is 1. The van der Waals surface area contributed by atoms with E-state index in [4.69, 9.17) is 26.3 Å². The normalized spacial score (nSPS) is 21.6. The summed E-state index contributed by atoms with van der Waals surface area (Å²) in [5, 5.41) is 32.9. The number of rotatable bonds is 11. The van der Waals surface area contributed by atoms with Crippen LogP contribution in [0, 0.1) is 0 Å². The van der Waals surface area contributed by atoms with Crippen molar-refractivity contribution in [3.05, 3.63) is 100 Å². The number of hydrogen-bond donors (Lipinski definition) is 5. The molecule has 5 N–H and O–H groups in total. The smallest absolute Gasteiger partial charge is 0.243 e. The molecule has 0 radical (unpaired) electrons. The summed E-state index contributed by atoms with van der Waals surface area (Å²) in [6, 6.07) is 22.5. The molecule has 2 aliphatic rings. The summed E-state index contributed by atoms with van der Waals surface area (Å²) in [7, 11) is 0. The van der Waals surface area contributed by atoms with Crippen molar-refractivity contribution in [3.63, 3.8) is 0 Å². The van der Waals surface area contributed by atoms with E-state index in [0.717, 1.165) is 35.3 Å². The first-order valence-electron chi connectivity index (χ1n) is 15.3. The van der Waals surface area contributed by atoms with E-state index in [0.29, 0.717) is 42.9 Å². The summed E-state index contributed by atoms with van der Waals surface area (Å²) in [6.45, 7) is 2.10. The maximum absolute atomic E-state index is 12.3. The highest BCUT2D eigenvalue weighted by Gasteiger charge is 2.37. The maximum atomic E-state index is 12.3. The average Bonchev–Trinajstić information content (AvgIpc) is 3.06. The first kappa shape index (κ1) is 33.0. The molecule has 0 bridgehead atoms. The van der Waals surface area contributed by atoms with Crippen LogP contribution in [0.4, 0.5) is 5.69 Å². The molecule has 0 aromatic heterocycles. The second-order valence-electron chi connectivity index (χ2n) is 11.7. The van der Waals surface area contributed by atoms with Gasteiger partial charge in [0, 0.05) is 55.2 Å². The Kier molecular flexibility index (Phi) is 11.2. The summed E-state index contributed by atoms with van der Waals surface area (Å²) in [4.78, 5) is 25.8. The van der Waals surface area contributed by atoms with Gasteiger partial charge < -0.3 is 29.9 Å². The molecule has 2 saturated heterocycles. The summed E-state index contributed by atoms with van der Waals surface area (Å²) < 4.78 is 13.0.